The quantitative estimate of drug-likeness (QED) is 0.297. The fourth-order valence-electron chi connectivity index (χ4n) is 4.38. The number of rotatable bonds is 11. The Balaban J connectivity index is 1.88. The first-order chi connectivity index (χ1) is 17.6. The third kappa shape index (κ3) is 8.45. The van der Waals surface area contributed by atoms with Gasteiger partial charge in [0.25, 0.3) is 5.91 Å². The minimum atomic E-state index is -0.332. The van der Waals surface area contributed by atoms with E-state index in [0.29, 0.717) is 23.7 Å². The zero-order valence-corrected chi connectivity index (χ0v) is 22.3. The highest BCUT2D eigenvalue weighted by molar-refractivity contribution is 5.96. The smallest absolute Gasteiger partial charge is 0.305 e. The molecule has 0 aliphatic heterocycles. The topological polar surface area (TPSA) is 64.6 Å². The maximum absolute atomic E-state index is 13.7. The first-order valence-electron chi connectivity index (χ1n) is 12.6. The summed E-state index contributed by atoms with van der Waals surface area (Å²) in [6.45, 7) is 8.60. The standard InChI is InChI=1S/C31H36FNO4/c1-20(2)14-29(25-16-21(3)15-22(4)17-25)33-31(35)28-18-23(6-7-24(28)8-13-30(34)36-5)19-37-27-11-9-26(32)10-12-27/h6-7,9-12,15-18,20,29H,8,13-14,19H2,1-5H3,(H,33,35)/t29-/m1/s1. The number of ether oxygens (including phenoxy) is 2. The molecule has 37 heavy (non-hydrogen) atoms. The van der Waals surface area contributed by atoms with Crippen LogP contribution in [0.4, 0.5) is 4.39 Å². The van der Waals surface area contributed by atoms with Crippen molar-refractivity contribution in [3.8, 4) is 5.75 Å². The minimum absolute atomic E-state index is 0.154. The van der Waals surface area contributed by atoms with E-state index < -0.39 is 0 Å². The average Bonchev–Trinajstić information content (AvgIpc) is 2.85. The predicted octanol–water partition coefficient (Wildman–Crippen LogP) is 6.64. The van der Waals surface area contributed by atoms with Gasteiger partial charge in [0.1, 0.15) is 18.2 Å². The Morgan fingerprint density at radius 2 is 1.62 bits per heavy atom. The van der Waals surface area contributed by atoms with Crippen LogP contribution >= 0.6 is 0 Å². The van der Waals surface area contributed by atoms with Crippen molar-refractivity contribution in [1.82, 2.24) is 5.32 Å². The third-order valence-electron chi connectivity index (χ3n) is 6.12. The highest BCUT2D eigenvalue weighted by Gasteiger charge is 2.21. The Labute approximate surface area is 219 Å². The third-order valence-corrected chi connectivity index (χ3v) is 6.12. The molecular formula is C31H36FNO4. The van der Waals surface area contributed by atoms with E-state index in [1.165, 1.54) is 19.2 Å². The maximum Gasteiger partial charge on any atom is 0.305 e. The number of esters is 1. The van der Waals surface area contributed by atoms with E-state index in [9.17, 15) is 14.0 Å². The van der Waals surface area contributed by atoms with Crippen molar-refractivity contribution in [2.75, 3.05) is 7.11 Å². The van der Waals surface area contributed by atoms with Gasteiger partial charge in [-0.3, -0.25) is 9.59 Å². The van der Waals surface area contributed by atoms with Crippen molar-refractivity contribution in [1.29, 1.82) is 0 Å². The molecule has 3 aromatic rings. The molecule has 0 aliphatic rings. The zero-order valence-electron chi connectivity index (χ0n) is 22.3. The van der Waals surface area contributed by atoms with E-state index in [4.69, 9.17) is 9.47 Å². The number of methoxy groups -OCH3 is 1. The van der Waals surface area contributed by atoms with Gasteiger partial charge in [-0.05, 0) is 79.6 Å². The summed E-state index contributed by atoms with van der Waals surface area (Å²) >= 11 is 0. The molecule has 0 saturated carbocycles. The number of halogens is 1. The van der Waals surface area contributed by atoms with Crippen molar-refractivity contribution in [2.24, 2.45) is 5.92 Å². The van der Waals surface area contributed by atoms with Gasteiger partial charge in [-0.2, -0.15) is 0 Å². The summed E-state index contributed by atoms with van der Waals surface area (Å²) in [5.74, 6) is 0.0478. The molecule has 0 saturated heterocycles. The van der Waals surface area contributed by atoms with Gasteiger partial charge in [0, 0.05) is 12.0 Å². The lowest BCUT2D eigenvalue weighted by Gasteiger charge is -2.23. The van der Waals surface area contributed by atoms with Crippen LogP contribution in [0.1, 0.15) is 70.9 Å². The number of amides is 1. The van der Waals surface area contributed by atoms with Crippen molar-refractivity contribution in [3.63, 3.8) is 0 Å². The van der Waals surface area contributed by atoms with Crippen molar-refractivity contribution in [3.05, 3.63) is 99.9 Å². The van der Waals surface area contributed by atoms with E-state index in [0.717, 1.165) is 34.2 Å². The van der Waals surface area contributed by atoms with Crippen molar-refractivity contribution in [2.45, 2.75) is 59.6 Å². The molecular weight excluding hydrogens is 469 g/mol. The number of carbonyl (C=O) groups excluding carboxylic acids is 2. The van der Waals surface area contributed by atoms with E-state index in [1.54, 1.807) is 18.2 Å². The van der Waals surface area contributed by atoms with Crippen LogP contribution in [0.15, 0.2) is 60.7 Å². The number of carbonyl (C=O) groups is 2. The number of aryl methyl sites for hydroxylation is 3. The van der Waals surface area contributed by atoms with Crippen LogP contribution in [0, 0.1) is 25.6 Å². The van der Waals surface area contributed by atoms with Crippen LogP contribution in [0.2, 0.25) is 0 Å². The largest absolute Gasteiger partial charge is 0.489 e. The van der Waals surface area contributed by atoms with Crippen LogP contribution in [-0.2, 0) is 22.6 Å². The summed E-state index contributed by atoms with van der Waals surface area (Å²) in [5.41, 5.74) is 5.43. The van der Waals surface area contributed by atoms with Crippen LogP contribution in [0.3, 0.4) is 0 Å². The summed E-state index contributed by atoms with van der Waals surface area (Å²) in [7, 11) is 1.35. The SMILES string of the molecule is COC(=O)CCc1ccc(COc2ccc(F)cc2)cc1C(=O)N[C@H](CC(C)C)c1cc(C)cc(C)c1. The summed E-state index contributed by atoms with van der Waals surface area (Å²) in [6, 6.07) is 17.5. The molecule has 0 spiro atoms. The maximum atomic E-state index is 13.7. The summed E-state index contributed by atoms with van der Waals surface area (Å²) in [5, 5.41) is 3.25. The Bertz CT molecular complexity index is 1200. The number of benzene rings is 3. The molecule has 0 fully saturated rings. The molecule has 196 valence electrons. The van der Waals surface area contributed by atoms with Gasteiger partial charge in [-0.1, -0.05) is 55.3 Å². The van der Waals surface area contributed by atoms with E-state index >= 15 is 0 Å². The molecule has 0 radical (unpaired) electrons. The summed E-state index contributed by atoms with van der Waals surface area (Å²) in [4.78, 5) is 25.5. The molecule has 0 bridgehead atoms. The summed E-state index contributed by atoms with van der Waals surface area (Å²) < 4.78 is 23.8. The highest BCUT2D eigenvalue weighted by atomic mass is 19.1. The lowest BCUT2D eigenvalue weighted by molar-refractivity contribution is -0.140. The Kier molecular flexibility index (Phi) is 9.84. The van der Waals surface area contributed by atoms with Gasteiger partial charge in [0.2, 0.25) is 0 Å². The molecule has 5 nitrogen and oxygen atoms in total. The van der Waals surface area contributed by atoms with E-state index in [-0.39, 0.29) is 36.8 Å². The van der Waals surface area contributed by atoms with Gasteiger partial charge >= 0.3 is 5.97 Å². The Morgan fingerprint density at radius 3 is 2.24 bits per heavy atom. The van der Waals surface area contributed by atoms with Crippen LogP contribution in [-0.4, -0.2) is 19.0 Å². The van der Waals surface area contributed by atoms with Crippen LogP contribution in [0.25, 0.3) is 0 Å². The second-order valence-electron chi connectivity index (χ2n) is 9.89. The number of nitrogens with one attached hydrogen (secondary N) is 1. The lowest BCUT2D eigenvalue weighted by Crippen LogP contribution is -2.30. The average molecular weight is 506 g/mol. The molecule has 3 rings (SSSR count). The molecule has 3 aromatic carbocycles. The van der Waals surface area contributed by atoms with E-state index in [1.807, 2.05) is 12.1 Å². The fourth-order valence-corrected chi connectivity index (χ4v) is 4.38. The normalized spacial score (nSPS) is 11.8. The number of hydrogen-bond donors (Lipinski definition) is 1. The van der Waals surface area contributed by atoms with Gasteiger partial charge in [0.05, 0.1) is 13.2 Å². The highest BCUT2D eigenvalue weighted by Crippen LogP contribution is 2.25. The molecule has 1 N–H and O–H groups in total. The monoisotopic (exact) mass is 505 g/mol. The van der Waals surface area contributed by atoms with E-state index in [2.05, 4.69) is 51.2 Å². The van der Waals surface area contributed by atoms with Gasteiger partial charge < -0.3 is 14.8 Å². The summed E-state index contributed by atoms with van der Waals surface area (Å²) in [6.07, 6.45) is 1.35. The predicted molar refractivity (Wildman–Crippen MR) is 143 cm³/mol. The molecule has 0 heterocycles. The molecule has 0 aromatic heterocycles. The molecule has 1 atom stereocenters. The van der Waals surface area contributed by atoms with Gasteiger partial charge in [-0.25, -0.2) is 4.39 Å². The minimum Gasteiger partial charge on any atom is -0.489 e. The zero-order chi connectivity index (χ0) is 26.9. The van der Waals surface area contributed by atoms with Crippen LogP contribution < -0.4 is 10.1 Å². The molecule has 1 amide bonds. The van der Waals surface area contributed by atoms with Crippen molar-refractivity contribution < 1.29 is 23.5 Å². The second kappa shape index (κ2) is 13.0. The van der Waals surface area contributed by atoms with Crippen LogP contribution in [0.5, 0.6) is 5.75 Å². The first-order valence-corrected chi connectivity index (χ1v) is 12.6. The molecule has 6 heteroatoms. The van der Waals surface area contributed by atoms with Gasteiger partial charge in [-0.15, -0.1) is 0 Å². The molecule has 0 unspecified atom stereocenters. The number of hydrogen-bond acceptors (Lipinski definition) is 4. The van der Waals surface area contributed by atoms with Crippen molar-refractivity contribution >= 4 is 11.9 Å². The molecule has 0 aliphatic carbocycles. The Hall–Kier alpha value is -3.67. The lowest BCUT2D eigenvalue weighted by atomic mass is 9.93. The fraction of sp³-hybridized carbons (Fsp3) is 0.355. The van der Waals surface area contributed by atoms with Gasteiger partial charge in [0.15, 0.2) is 0 Å². The first kappa shape index (κ1) is 27.9. The second-order valence-corrected chi connectivity index (χ2v) is 9.89. The Morgan fingerprint density at radius 1 is 0.946 bits per heavy atom.